The van der Waals surface area contributed by atoms with E-state index in [4.69, 9.17) is 20.1 Å². The van der Waals surface area contributed by atoms with E-state index in [1.807, 2.05) is 42.3 Å². The van der Waals surface area contributed by atoms with Crippen molar-refractivity contribution in [3.8, 4) is 0 Å². The van der Waals surface area contributed by atoms with Gasteiger partial charge in [-0.15, -0.1) is 0 Å². The lowest BCUT2D eigenvalue weighted by Crippen LogP contribution is -2.43. The number of carboxylic acids is 1. The molecule has 6 rings (SSSR count). The van der Waals surface area contributed by atoms with Crippen molar-refractivity contribution >= 4 is 49.2 Å². The number of nitrogens with one attached hydrogen (secondary N) is 1. The van der Waals surface area contributed by atoms with Gasteiger partial charge in [0.15, 0.2) is 0 Å². The quantitative estimate of drug-likeness (QED) is 0.181. The van der Waals surface area contributed by atoms with Gasteiger partial charge in [0, 0.05) is 11.1 Å². The van der Waals surface area contributed by atoms with Crippen molar-refractivity contribution in [2.24, 2.45) is 5.73 Å². The molecule has 2 atom stereocenters. The second kappa shape index (κ2) is 15.6. The third-order valence-corrected chi connectivity index (χ3v) is 7.78. The molecule has 0 radical (unpaired) electrons. The molecule has 14 heteroatoms. The topological polar surface area (TPSA) is 189 Å². The number of likely N-dealkylation sites (N-methyl/N-ethyl adjacent to an activating group) is 1. The number of benzene rings is 3. The number of hydrogen-bond donors (Lipinski definition) is 5. The minimum atomic E-state index is -0.922. The summed E-state index contributed by atoms with van der Waals surface area (Å²) < 4.78 is 9.92. The van der Waals surface area contributed by atoms with Gasteiger partial charge < -0.3 is 35.5 Å². The van der Waals surface area contributed by atoms with E-state index in [2.05, 4.69) is 5.32 Å². The lowest BCUT2D eigenvalue weighted by Gasteiger charge is -2.23. The molecule has 6 N–H and O–H groups in total. The van der Waals surface area contributed by atoms with Crippen LogP contribution in [0.15, 0.2) is 66.7 Å². The average Bonchev–Trinajstić information content (AvgIpc) is 3.75. The molecule has 3 aliphatic heterocycles. The van der Waals surface area contributed by atoms with Crippen molar-refractivity contribution in [1.82, 2.24) is 10.2 Å². The first-order valence-corrected chi connectivity index (χ1v) is 14.4. The maximum Gasteiger partial charge on any atom is 0.491 e. The Bertz CT molecular complexity index is 1530. The summed E-state index contributed by atoms with van der Waals surface area (Å²) in [5.74, 6) is -1.50. The second-order valence-electron chi connectivity index (χ2n) is 10.9. The third-order valence-electron chi connectivity index (χ3n) is 7.78. The van der Waals surface area contributed by atoms with Crippen LogP contribution in [-0.2, 0) is 32.1 Å². The lowest BCUT2D eigenvalue weighted by atomic mass is 9.79. The number of aliphatic carboxylic acids is 1. The largest absolute Gasteiger partial charge is 0.491 e. The Kier molecular flexibility index (Phi) is 11.6. The highest BCUT2D eigenvalue weighted by Crippen LogP contribution is 2.20. The number of hydrogen-bond acceptors (Lipinski definition) is 9. The highest BCUT2D eigenvalue weighted by Gasteiger charge is 2.30. The molecule has 3 aromatic rings. The molecule has 1 fully saturated rings. The number of nitrogens with two attached hydrogens (primary N) is 1. The fourth-order valence-corrected chi connectivity index (χ4v) is 5.30. The van der Waals surface area contributed by atoms with Crippen LogP contribution in [0.1, 0.15) is 62.7 Å². The molecule has 1 saturated heterocycles. The zero-order valence-corrected chi connectivity index (χ0v) is 24.8. The number of carbonyl (C=O) groups excluding carboxylic acids is 3. The molecule has 0 aromatic heterocycles. The van der Waals surface area contributed by atoms with Crippen LogP contribution in [0.2, 0.25) is 0 Å². The lowest BCUT2D eigenvalue weighted by molar-refractivity contribution is -0.138. The Morgan fingerprint density at radius 3 is 2.18 bits per heavy atom. The summed E-state index contributed by atoms with van der Waals surface area (Å²) in [7, 11) is 0.139. The first-order chi connectivity index (χ1) is 21.6. The summed E-state index contributed by atoms with van der Waals surface area (Å²) in [6, 6.07) is 18.7. The fourth-order valence-electron chi connectivity index (χ4n) is 5.30. The Balaban J connectivity index is 0.000000160. The summed E-state index contributed by atoms with van der Waals surface area (Å²) in [6.45, 7) is 1.72. The van der Waals surface area contributed by atoms with Gasteiger partial charge >= 0.3 is 20.2 Å². The van der Waals surface area contributed by atoms with Crippen LogP contribution in [-0.4, -0.2) is 78.0 Å². The van der Waals surface area contributed by atoms with E-state index in [1.54, 1.807) is 36.4 Å². The molecule has 2 unspecified atom stereocenters. The summed E-state index contributed by atoms with van der Waals surface area (Å²) in [5.41, 5.74) is 10.1. The number of nitrogens with zero attached hydrogens (tertiary/aromatic N) is 1. The molecule has 3 heterocycles. The number of primary amides is 1. The number of carboxylic acid groups (broad SMARTS) is 1. The zero-order valence-electron chi connectivity index (χ0n) is 24.8. The van der Waals surface area contributed by atoms with E-state index < -0.39 is 32.2 Å². The van der Waals surface area contributed by atoms with Crippen LogP contribution in [0.25, 0.3) is 0 Å². The van der Waals surface area contributed by atoms with Gasteiger partial charge in [0.25, 0.3) is 0 Å². The summed E-state index contributed by atoms with van der Waals surface area (Å²) in [6.07, 6.45) is 2.48. The molecular formula is C31H35B2N3O9. The van der Waals surface area contributed by atoms with Crippen molar-refractivity contribution < 1.29 is 43.6 Å². The van der Waals surface area contributed by atoms with Crippen LogP contribution >= 0.6 is 0 Å². The number of rotatable bonds is 7. The monoisotopic (exact) mass is 615 g/mol. The molecule has 234 valence electrons. The predicted molar refractivity (Wildman–Crippen MR) is 167 cm³/mol. The van der Waals surface area contributed by atoms with Crippen LogP contribution in [0.3, 0.4) is 0 Å². The molecule has 0 aliphatic carbocycles. The van der Waals surface area contributed by atoms with Crippen LogP contribution < -0.4 is 22.0 Å². The number of amides is 2. The van der Waals surface area contributed by atoms with E-state index in [-0.39, 0.29) is 18.4 Å². The molecule has 0 bridgehead atoms. The first-order valence-electron chi connectivity index (χ1n) is 14.4. The maximum absolute atomic E-state index is 12.3. The Labute approximate surface area is 261 Å². The van der Waals surface area contributed by atoms with Gasteiger partial charge in [-0.05, 0) is 66.2 Å². The highest BCUT2D eigenvalue weighted by molar-refractivity contribution is 6.62. The normalized spacial score (nSPS) is 17.2. The summed E-state index contributed by atoms with van der Waals surface area (Å²) in [4.78, 5) is 46.5. The van der Waals surface area contributed by atoms with Crippen molar-refractivity contribution in [1.29, 1.82) is 0 Å². The second-order valence-corrected chi connectivity index (χ2v) is 10.9. The average molecular weight is 615 g/mol. The van der Waals surface area contributed by atoms with Gasteiger partial charge in [-0.1, -0.05) is 54.6 Å². The first kappa shape index (κ1) is 33.6. The predicted octanol–water partition coefficient (Wildman–Crippen LogP) is 0.133. The molecule has 3 aromatic carbocycles. The van der Waals surface area contributed by atoms with Crippen molar-refractivity contribution in [2.75, 3.05) is 13.6 Å². The van der Waals surface area contributed by atoms with Gasteiger partial charge in [-0.2, -0.15) is 0 Å². The zero-order chi connectivity index (χ0) is 32.5. The van der Waals surface area contributed by atoms with Crippen LogP contribution in [0.5, 0.6) is 0 Å². The molecule has 2 amide bonds. The van der Waals surface area contributed by atoms with Gasteiger partial charge in [0.05, 0.1) is 31.7 Å². The van der Waals surface area contributed by atoms with Gasteiger partial charge in [-0.25, -0.2) is 0 Å². The smallest absolute Gasteiger partial charge is 0.481 e. The van der Waals surface area contributed by atoms with Crippen LogP contribution in [0.4, 0.5) is 0 Å². The standard InChI is InChI=1S/C15H20N2O3.C8H8BNO3.C8H7BO3/c1-17-9-5-8-13(17)15(20)16-12(10-14(18)19)11-6-3-2-4-7-11;10-8(11)5-1-2-6-4-13-9(12)7(6)3-5;10-4-6-1-2-7-5-12-9(11)8(7)3-6/h2-4,6-7,12-13H,5,8-10H2,1H3,(H,16,20)(H,18,19);1-3,12H,4H2,(H2,10,11);1-4,11H,5H2. The number of aldehydes is 1. The number of likely N-dealkylation sites (tertiary alicyclic amines) is 1. The van der Waals surface area contributed by atoms with E-state index >= 15 is 0 Å². The van der Waals surface area contributed by atoms with E-state index in [0.29, 0.717) is 35.3 Å². The van der Waals surface area contributed by atoms with Crippen molar-refractivity contribution in [3.63, 3.8) is 0 Å². The van der Waals surface area contributed by atoms with Gasteiger partial charge in [-0.3, -0.25) is 24.1 Å². The van der Waals surface area contributed by atoms with Gasteiger partial charge in [0.2, 0.25) is 11.8 Å². The Morgan fingerprint density at radius 1 is 1.00 bits per heavy atom. The molecule has 0 saturated carbocycles. The third kappa shape index (κ3) is 8.87. The van der Waals surface area contributed by atoms with Crippen molar-refractivity contribution in [3.05, 3.63) is 94.5 Å². The fraction of sp³-hybridized carbons (Fsp3) is 0.290. The molecule has 12 nitrogen and oxygen atoms in total. The Hall–Kier alpha value is -4.33. The Morgan fingerprint density at radius 2 is 1.62 bits per heavy atom. The minimum absolute atomic E-state index is 0.0832. The van der Waals surface area contributed by atoms with E-state index in [1.165, 1.54) is 0 Å². The number of fused-ring (bicyclic) bond motifs is 2. The molecular weight excluding hydrogens is 580 g/mol. The van der Waals surface area contributed by atoms with Gasteiger partial charge in [0.1, 0.15) is 6.29 Å². The molecule has 0 spiro atoms. The maximum atomic E-state index is 12.3. The summed E-state index contributed by atoms with van der Waals surface area (Å²) in [5, 5.41) is 30.5. The summed E-state index contributed by atoms with van der Waals surface area (Å²) >= 11 is 0. The highest BCUT2D eigenvalue weighted by atomic mass is 16.5. The molecule has 45 heavy (non-hydrogen) atoms. The molecule has 3 aliphatic rings. The van der Waals surface area contributed by atoms with Crippen molar-refractivity contribution in [2.45, 2.75) is 44.6 Å². The number of carbonyl (C=O) groups is 4. The van der Waals surface area contributed by atoms with E-state index in [0.717, 1.165) is 42.4 Å². The minimum Gasteiger partial charge on any atom is -0.481 e. The van der Waals surface area contributed by atoms with E-state index in [9.17, 15) is 29.2 Å². The SMILES string of the molecule is CN1CCCC1C(=O)NC(CC(=O)O)c1ccccc1.NC(=O)c1ccc2c(c1)B(O)OC2.O=Cc1ccc2c(c1)B(O)OC2. The van der Waals surface area contributed by atoms with Crippen LogP contribution in [0, 0.1) is 0 Å².